The van der Waals surface area contributed by atoms with Gasteiger partial charge >= 0.3 is 0 Å². The fraction of sp³-hybridized carbons (Fsp3) is 0.556. The highest BCUT2D eigenvalue weighted by Gasteiger charge is 2.12. The molecule has 1 rings (SSSR count). The molecule has 0 spiro atoms. The Bertz CT molecular complexity index is 372. The summed E-state index contributed by atoms with van der Waals surface area (Å²) in [4.78, 5) is 11.8. The van der Waals surface area contributed by atoms with Crippen molar-refractivity contribution in [2.75, 3.05) is 0 Å². The topological polar surface area (TPSA) is 34.9 Å². The highest BCUT2D eigenvalue weighted by Crippen LogP contribution is 2.19. The summed E-state index contributed by atoms with van der Waals surface area (Å²) in [6.07, 6.45) is 3.47. The molecule has 14 heavy (non-hydrogen) atoms. The second-order valence-corrected chi connectivity index (χ2v) is 4.67. The van der Waals surface area contributed by atoms with Crippen LogP contribution in [0.2, 0.25) is 0 Å². The summed E-state index contributed by atoms with van der Waals surface area (Å²) in [5, 5.41) is 4.11. The minimum Gasteiger partial charge on any atom is -0.266 e. The van der Waals surface area contributed by atoms with Crippen molar-refractivity contribution < 1.29 is 0 Å². The van der Waals surface area contributed by atoms with Gasteiger partial charge in [0.05, 0.1) is 16.7 Å². The number of hydrogen-bond donors (Lipinski definition) is 0. The molecule has 0 aliphatic rings. The molecule has 0 atom stereocenters. The summed E-state index contributed by atoms with van der Waals surface area (Å²) < 4.78 is 2.78. The second-order valence-electron chi connectivity index (χ2n) is 3.03. The zero-order valence-electron chi connectivity index (χ0n) is 8.13. The molecule has 0 aromatic carbocycles. The number of nitrogens with zero attached hydrogens (tertiary/aromatic N) is 2. The van der Waals surface area contributed by atoms with Crippen molar-refractivity contribution in [2.45, 2.75) is 32.7 Å². The molecule has 0 radical (unpaired) electrons. The highest BCUT2D eigenvalue weighted by atomic mass is 79.9. The van der Waals surface area contributed by atoms with Crippen LogP contribution in [-0.4, -0.2) is 9.78 Å². The number of halogens is 2. The Hall–Kier alpha value is -0.160. The van der Waals surface area contributed by atoms with E-state index in [-0.39, 0.29) is 11.6 Å². The minimum atomic E-state index is -0.0759. The van der Waals surface area contributed by atoms with Gasteiger partial charge in [-0.25, -0.2) is 4.68 Å². The van der Waals surface area contributed by atoms with Crippen molar-refractivity contribution in [2.24, 2.45) is 0 Å². The first kappa shape index (κ1) is 11.9. The van der Waals surface area contributed by atoms with Gasteiger partial charge in [0, 0.05) is 0 Å². The van der Waals surface area contributed by atoms with Gasteiger partial charge in [0.25, 0.3) is 5.56 Å². The van der Waals surface area contributed by atoms with Crippen molar-refractivity contribution in [3.05, 3.63) is 25.5 Å². The molecule has 1 aromatic rings. The van der Waals surface area contributed by atoms with Gasteiger partial charge in [0.1, 0.15) is 4.47 Å². The van der Waals surface area contributed by atoms with Gasteiger partial charge in [0.2, 0.25) is 0 Å². The number of aromatic nitrogens is 2. The lowest BCUT2D eigenvalue weighted by atomic mass is 10.2. The SMILES string of the molecule is CCC(CC)n1ncc(Br)c(Br)c1=O. The zero-order valence-corrected chi connectivity index (χ0v) is 11.3. The molecular formula is C9H12Br2N2O. The molecule has 78 valence electrons. The second kappa shape index (κ2) is 5.07. The predicted molar refractivity (Wildman–Crippen MR) is 63.5 cm³/mol. The molecule has 0 N–H and O–H groups in total. The lowest BCUT2D eigenvalue weighted by Gasteiger charge is -2.14. The Labute approximate surface area is 99.8 Å². The summed E-state index contributed by atoms with van der Waals surface area (Å²) in [5.74, 6) is 0. The van der Waals surface area contributed by atoms with Gasteiger partial charge in [0.15, 0.2) is 0 Å². The standard InChI is InChI=1S/C9H12Br2N2O/c1-3-6(4-2)13-9(14)8(11)7(10)5-12-13/h5-6H,3-4H2,1-2H3. The third kappa shape index (κ3) is 2.25. The van der Waals surface area contributed by atoms with E-state index in [0.717, 1.165) is 12.8 Å². The van der Waals surface area contributed by atoms with E-state index in [1.807, 2.05) is 0 Å². The summed E-state index contributed by atoms with van der Waals surface area (Å²) in [6, 6.07) is 0.187. The monoisotopic (exact) mass is 322 g/mol. The molecule has 3 nitrogen and oxygen atoms in total. The molecule has 1 aromatic heterocycles. The molecule has 0 amide bonds. The third-order valence-electron chi connectivity index (χ3n) is 2.19. The largest absolute Gasteiger partial charge is 0.282 e. The predicted octanol–water partition coefficient (Wildman–Crippen LogP) is 3.13. The Balaban J connectivity index is 3.23. The van der Waals surface area contributed by atoms with E-state index < -0.39 is 0 Å². The van der Waals surface area contributed by atoms with Crippen LogP contribution in [0.25, 0.3) is 0 Å². The molecule has 0 aliphatic carbocycles. The van der Waals surface area contributed by atoms with Gasteiger partial charge in [-0.2, -0.15) is 5.10 Å². The van der Waals surface area contributed by atoms with Gasteiger partial charge in [-0.3, -0.25) is 4.79 Å². The smallest absolute Gasteiger partial charge is 0.266 e. The van der Waals surface area contributed by atoms with Crippen LogP contribution in [0.5, 0.6) is 0 Å². The van der Waals surface area contributed by atoms with Crippen molar-refractivity contribution in [3.63, 3.8) is 0 Å². The summed E-state index contributed by atoms with van der Waals surface area (Å²) >= 11 is 6.49. The molecule has 0 saturated carbocycles. The van der Waals surface area contributed by atoms with E-state index in [2.05, 4.69) is 50.8 Å². The van der Waals surface area contributed by atoms with Crippen LogP contribution in [0.1, 0.15) is 32.7 Å². The van der Waals surface area contributed by atoms with Crippen molar-refractivity contribution in [1.29, 1.82) is 0 Å². The summed E-state index contributed by atoms with van der Waals surface area (Å²) in [6.45, 7) is 4.11. The average Bonchev–Trinajstić information content (AvgIpc) is 2.19. The maximum atomic E-state index is 11.8. The molecule has 0 saturated heterocycles. The van der Waals surface area contributed by atoms with Crippen LogP contribution < -0.4 is 5.56 Å². The van der Waals surface area contributed by atoms with Crippen LogP contribution in [0.15, 0.2) is 19.9 Å². The lowest BCUT2D eigenvalue weighted by molar-refractivity contribution is 0.407. The average molecular weight is 324 g/mol. The third-order valence-corrected chi connectivity index (χ3v) is 4.09. The fourth-order valence-electron chi connectivity index (χ4n) is 1.32. The first-order valence-electron chi connectivity index (χ1n) is 4.54. The zero-order chi connectivity index (χ0) is 10.7. The Morgan fingerprint density at radius 1 is 1.43 bits per heavy atom. The maximum absolute atomic E-state index is 11.8. The van der Waals surface area contributed by atoms with Crippen LogP contribution >= 0.6 is 31.9 Å². The molecule has 0 unspecified atom stereocenters. The molecule has 0 bridgehead atoms. The normalized spacial score (nSPS) is 10.9. The van der Waals surface area contributed by atoms with E-state index in [4.69, 9.17) is 0 Å². The van der Waals surface area contributed by atoms with E-state index >= 15 is 0 Å². The van der Waals surface area contributed by atoms with Crippen molar-refractivity contribution in [1.82, 2.24) is 9.78 Å². The highest BCUT2D eigenvalue weighted by molar-refractivity contribution is 9.13. The van der Waals surface area contributed by atoms with Crippen LogP contribution in [-0.2, 0) is 0 Å². The quantitative estimate of drug-likeness (QED) is 0.856. The fourth-order valence-corrected chi connectivity index (χ4v) is 1.86. The van der Waals surface area contributed by atoms with Gasteiger partial charge in [-0.1, -0.05) is 13.8 Å². The van der Waals surface area contributed by atoms with Gasteiger partial charge in [-0.15, -0.1) is 0 Å². The lowest BCUT2D eigenvalue weighted by Crippen LogP contribution is -2.27. The Morgan fingerprint density at radius 3 is 2.50 bits per heavy atom. The van der Waals surface area contributed by atoms with Crippen molar-refractivity contribution >= 4 is 31.9 Å². The van der Waals surface area contributed by atoms with E-state index in [0.29, 0.717) is 8.95 Å². The Morgan fingerprint density at radius 2 is 2.00 bits per heavy atom. The number of hydrogen-bond acceptors (Lipinski definition) is 2. The molecular weight excluding hydrogens is 312 g/mol. The summed E-state index contributed by atoms with van der Waals surface area (Å²) in [5.41, 5.74) is -0.0759. The molecule has 5 heteroatoms. The van der Waals surface area contributed by atoms with E-state index in [1.54, 1.807) is 6.20 Å². The van der Waals surface area contributed by atoms with Crippen LogP contribution in [0.3, 0.4) is 0 Å². The van der Waals surface area contributed by atoms with E-state index in [9.17, 15) is 4.79 Å². The molecule has 0 fully saturated rings. The number of rotatable bonds is 3. The minimum absolute atomic E-state index is 0.0759. The van der Waals surface area contributed by atoms with Gasteiger partial charge in [-0.05, 0) is 44.7 Å². The van der Waals surface area contributed by atoms with Gasteiger partial charge < -0.3 is 0 Å². The summed E-state index contributed by atoms with van der Waals surface area (Å²) in [7, 11) is 0. The van der Waals surface area contributed by atoms with Crippen LogP contribution in [0, 0.1) is 0 Å². The first-order valence-corrected chi connectivity index (χ1v) is 6.13. The first-order chi connectivity index (χ1) is 6.61. The van der Waals surface area contributed by atoms with E-state index in [1.165, 1.54) is 4.68 Å². The van der Waals surface area contributed by atoms with Crippen LogP contribution in [0.4, 0.5) is 0 Å². The maximum Gasteiger partial charge on any atom is 0.282 e. The molecule has 0 aliphatic heterocycles. The van der Waals surface area contributed by atoms with Crippen molar-refractivity contribution in [3.8, 4) is 0 Å². The molecule has 1 heterocycles. The Kier molecular flexibility index (Phi) is 4.31.